The number of benzene rings is 1. The van der Waals surface area contributed by atoms with E-state index >= 15 is 0 Å². The fraction of sp³-hybridized carbons (Fsp3) is 0.467. The molecule has 2 atom stereocenters. The van der Waals surface area contributed by atoms with Gasteiger partial charge in [0.2, 0.25) is 5.89 Å². The maximum atomic E-state index is 13.8. The van der Waals surface area contributed by atoms with Crippen molar-refractivity contribution in [3.63, 3.8) is 0 Å². The van der Waals surface area contributed by atoms with Gasteiger partial charge in [-0.05, 0) is 31.9 Å². The van der Waals surface area contributed by atoms with Gasteiger partial charge in [-0.2, -0.15) is 4.98 Å². The monoisotopic (exact) mass is 309 g/mol. The van der Waals surface area contributed by atoms with Gasteiger partial charge in [0.25, 0.3) is 0 Å². The van der Waals surface area contributed by atoms with Gasteiger partial charge in [-0.3, -0.25) is 0 Å². The van der Waals surface area contributed by atoms with Crippen LogP contribution in [0.4, 0.5) is 4.39 Å². The lowest BCUT2D eigenvalue weighted by Gasteiger charge is -2.23. The quantitative estimate of drug-likeness (QED) is 0.945. The summed E-state index contributed by atoms with van der Waals surface area (Å²) in [6.07, 6.45) is 3.14. The lowest BCUT2D eigenvalue weighted by atomic mass is 9.85. The van der Waals surface area contributed by atoms with Crippen molar-refractivity contribution in [2.45, 2.75) is 44.1 Å². The molecule has 1 aromatic carbocycles. The number of halogens is 2. The highest BCUT2D eigenvalue weighted by Gasteiger charge is 2.42. The predicted molar refractivity (Wildman–Crippen MR) is 77.7 cm³/mol. The molecule has 6 heteroatoms. The molecule has 0 bridgehead atoms. The molecule has 0 aliphatic heterocycles. The molecular formula is C15H17ClFN3O. The van der Waals surface area contributed by atoms with Crippen LogP contribution in [0.2, 0.25) is 5.02 Å². The topological polar surface area (TPSA) is 64.9 Å². The molecule has 1 aromatic heterocycles. The maximum Gasteiger partial charge on any atom is 0.234 e. The van der Waals surface area contributed by atoms with E-state index in [1.165, 1.54) is 6.07 Å². The van der Waals surface area contributed by atoms with Gasteiger partial charge >= 0.3 is 0 Å². The molecule has 112 valence electrons. The standard InChI is InChI=1S/C15H17ClFN3O/c1-15(7-3-6-12(15)18)14-19-13(20-21-14)8-9-10(16)4-2-5-11(9)17/h2,4-5,12H,3,6-8,18H2,1H3. The molecule has 0 amide bonds. The SMILES string of the molecule is CC1(c2nc(Cc3c(F)cccc3Cl)no2)CCCC1N. The van der Waals surface area contributed by atoms with E-state index < -0.39 is 0 Å². The molecule has 0 saturated heterocycles. The Morgan fingerprint density at radius 1 is 1.52 bits per heavy atom. The average Bonchev–Trinajstić information content (AvgIpc) is 3.03. The molecule has 4 nitrogen and oxygen atoms in total. The van der Waals surface area contributed by atoms with Gasteiger partial charge in [0.05, 0.1) is 5.41 Å². The van der Waals surface area contributed by atoms with Crippen molar-refractivity contribution in [2.75, 3.05) is 0 Å². The summed E-state index contributed by atoms with van der Waals surface area (Å²) in [5, 5.41) is 4.32. The number of hydrogen-bond acceptors (Lipinski definition) is 4. The van der Waals surface area contributed by atoms with Crippen LogP contribution in [0.1, 0.15) is 43.5 Å². The van der Waals surface area contributed by atoms with E-state index in [9.17, 15) is 4.39 Å². The van der Waals surface area contributed by atoms with E-state index in [1.54, 1.807) is 12.1 Å². The zero-order valence-electron chi connectivity index (χ0n) is 11.8. The third kappa shape index (κ3) is 2.56. The normalized spacial score (nSPS) is 25.4. The first-order valence-corrected chi connectivity index (χ1v) is 7.40. The van der Waals surface area contributed by atoms with Crippen molar-refractivity contribution in [3.05, 3.63) is 46.3 Å². The van der Waals surface area contributed by atoms with Gasteiger partial charge in [-0.25, -0.2) is 4.39 Å². The molecule has 1 saturated carbocycles. The summed E-state index contributed by atoms with van der Waals surface area (Å²) in [6, 6.07) is 4.61. The zero-order chi connectivity index (χ0) is 15.0. The van der Waals surface area contributed by atoms with Crippen LogP contribution >= 0.6 is 11.6 Å². The van der Waals surface area contributed by atoms with Crippen molar-refractivity contribution >= 4 is 11.6 Å². The number of hydrogen-bond donors (Lipinski definition) is 1. The predicted octanol–water partition coefficient (Wildman–Crippen LogP) is 3.22. The third-order valence-electron chi connectivity index (χ3n) is 4.38. The van der Waals surface area contributed by atoms with Crippen LogP contribution in [0.15, 0.2) is 22.7 Å². The molecule has 3 rings (SSSR count). The summed E-state index contributed by atoms with van der Waals surface area (Å²) in [6.45, 7) is 2.04. The first-order valence-electron chi connectivity index (χ1n) is 7.02. The molecular weight excluding hydrogens is 293 g/mol. The van der Waals surface area contributed by atoms with Gasteiger partial charge in [-0.15, -0.1) is 0 Å². The fourth-order valence-corrected chi connectivity index (χ4v) is 3.11. The molecule has 2 aromatic rings. The first-order chi connectivity index (χ1) is 10.0. The van der Waals surface area contributed by atoms with Crippen LogP contribution in [0.5, 0.6) is 0 Å². The second-order valence-electron chi connectivity index (χ2n) is 5.81. The van der Waals surface area contributed by atoms with Crippen LogP contribution in [0.3, 0.4) is 0 Å². The molecule has 2 unspecified atom stereocenters. The average molecular weight is 310 g/mol. The number of rotatable bonds is 3. The highest BCUT2D eigenvalue weighted by molar-refractivity contribution is 6.31. The fourth-order valence-electron chi connectivity index (χ4n) is 2.88. The lowest BCUT2D eigenvalue weighted by Crippen LogP contribution is -2.38. The molecule has 1 heterocycles. The Morgan fingerprint density at radius 3 is 3.00 bits per heavy atom. The van der Waals surface area contributed by atoms with E-state index in [0.29, 0.717) is 22.3 Å². The van der Waals surface area contributed by atoms with Crippen LogP contribution in [0, 0.1) is 5.82 Å². The Morgan fingerprint density at radius 2 is 2.33 bits per heavy atom. The lowest BCUT2D eigenvalue weighted by molar-refractivity contribution is 0.276. The molecule has 2 N–H and O–H groups in total. The summed E-state index contributed by atoms with van der Waals surface area (Å²) in [7, 11) is 0. The number of aromatic nitrogens is 2. The zero-order valence-corrected chi connectivity index (χ0v) is 12.5. The Kier molecular flexibility index (Phi) is 3.71. The van der Waals surface area contributed by atoms with Gasteiger partial charge in [0.15, 0.2) is 5.82 Å². The summed E-state index contributed by atoms with van der Waals surface area (Å²) >= 11 is 6.02. The highest BCUT2D eigenvalue weighted by atomic mass is 35.5. The van der Waals surface area contributed by atoms with E-state index in [2.05, 4.69) is 10.1 Å². The van der Waals surface area contributed by atoms with Gasteiger partial charge in [0, 0.05) is 23.0 Å². The van der Waals surface area contributed by atoms with Crippen molar-refractivity contribution in [1.82, 2.24) is 10.1 Å². The maximum absolute atomic E-state index is 13.8. The van der Waals surface area contributed by atoms with E-state index in [0.717, 1.165) is 19.3 Å². The smallest absolute Gasteiger partial charge is 0.234 e. The van der Waals surface area contributed by atoms with E-state index in [4.69, 9.17) is 21.9 Å². The largest absolute Gasteiger partial charge is 0.339 e. The van der Waals surface area contributed by atoms with Crippen LogP contribution < -0.4 is 5.73 Å². The summed E-state index contributed by atoms with van der Waals surface area (Å²) < 4.78 is 19.2. The number of nitrogens with two attached hydrogens (primary N) is 1. The van der Waals surface area contributed by atoms with Crippen molar-refractivity contribution in [1.29, 1.82) is 0 Å². The Hall–Kier alpha value is -1.46. The molecule has 0 radical (unpaired) electrons. The first kappa shape index (κ1) is 14.5. The second-order valence-corrected chi connectivity index (χ2v) is 6.22. The van der Waals surface area contributed by atoms with Crippen LogP contribution in [-0.2, 0) is 11.8 Å². The summed E-state index contributed by atoms with van der Waals surface area (Å²) in [4.78, 5) is 4.41. The van der Waals surface area contributed by atoms with Gasteiger partial charge in [-0.1, -0.05) is 29.2 Å². The molecule has 1 fully saturated rings. The Labute approximate surface area is 127 Å². The highest BCUT2D eigenvalue weighted by Crippen LogP contribution is 2.39. The molecule has 1 aliphatic carbocycles. The van der Waals surface area contributed by atoms with Crippen molar-refractivity contribution < 1.29 is 8.91 Å². The molecule has 1 aliphatic rings. The minimum atomic E-state index is -0.363. The van der Waals surface area contributed by atoms with Crippen molar-refractivity contribution in [2.24, 2.45) is 5.73 Å². The Bertz CT molecular complexity index is 640. The van der Waals surface area contributed by atoms with E-state index in [1.807, 2.05) is 6.92 Å². The molecule has 21 heavy (non-hydrogen) atoms. The van der Waals surface area contributed by atoms with Gasteiger partial charge in [0.1, 0.15) is 5.82 Å². The minimum Gasteiger partial charge on any atom is -0.339 e. The molecule has 0 spiro atoms. The van der Waals surface area contributed by atoms with Gasteiger partial charge < -0.3 is 10.3 Å². The summed E-state index contributed by atoms with van der Waals surface area (Å²) in [5.74, 6) is 0.602. The second kappa shape index (κ2) is 5.39. The van der Waals surface area contributed by atoms with Crippen LogP contribution in [0.25, 0.3) is 0 Å². The minimum absolute atomic E-state index is 0.0165. The summed E-state index contributed by atoms with van der Waals surface area (Å²) in [5.41, 5.74) is 6.24. The third-order valence-corrected chi connectivity index (χ3v) is 4.74. The number of nitrogens with zero attached hydrogens (tertiary/aromatic N) is 2. The Balaban J connectivity index is 1.86. The van der Waals surface area contributed by atoms with Crippen LogP contribution in [-0.4, -0.2) is 16.2 Å². The van der Waals surface area contributed by atoms with E-state index in [-0.39, 0.29) is 23.7 Å². The van der Waals surface area contributed by atoms with Crippen molar-refractivity contribution in [3.8, 4) is 0 Å².